The first-order valence-electron chi connectivity index (χ1n) is 8.92. The number of amides is 1. The highest BCUT2D eigenvalue weighted by Gasteiger charge is 2.60. The second-order valence-electron chi connectivity index (χ2n) is 9.45. The summed E-state index contributed by atoms with van der Waals surface area (Å²) in [4.78, 5) is 11.9. The molecule has 4 bridgehead atoms. The Kier molecular flexibility index (Phi) is 2.99. The maximum absolute atomic E-state index is 11.9. The van der Waals surface area contributed by atoms with Gasteiger partial charge in [0.05, 0.1) is 0 Å². The third-order valence-electron chi connectivity index (χ3n) is 6.62. The summed E-state index contributed by atoms with van der Waals surface area (Å²) in [5, 5.41) is 7.04. The van der Waals surface area contributed by atoms with Gasteiger partial charge in [-0.3, -0.25) is 4.79 Å². The highest BCUT2D eigenvalue weighted by Crippen LogP contribution is 2.66. The summed E-state index contributed by atoms with van der Waals surface area (Å²) in [6.07, 6.45) is 11.3. The fourth-order valence-corrected chi connectivity index (χ4v) is 7.14. The molecule has 3 unspecified atom stereocenters. The average Bonchev–Trinajstić information content (AvgIpc) is 2.47. The van der Waals surface area contributed by atoms with Crippen molar-refractivity contribution in [2.24, 2.45) is 16.7 Å². The van der Waals surface area contributed by atoms with Crippen molar-refractivity contribution in [3.8, 4) is 0 Å². The Morgan fingerprint density at radius 1 is 1.10 bits per heavy atom. The molecule has 5 fully saturated rings. The summed E-state index contributed by atoms with van der Waals surface area (Å²) >= 11 is 0. The lowest BCUT2D eigenvalue weighted by Crippen LogP contribution is -2.65. The minimum Gasteiger partial charge on any atom is -0.356 e. The summed E-state index contributed by atoms with van der Waals surface area (Å²) in [5.41, 5.74) is 1.43. The van der Waals surface area contributed by atoms with Crippen LogP contribution in [0, 0.1) is 16.7 Å². The van der Waals surface area contributed by atoms with Crippen LogP contribution in [-0.4, -0.2) is 24.0 Å². The molecule has 0 aromatic carbocycles. The van der Waals surface area contributed by atoms with Crippen LogP contribution in [0.5, 0.6) is 0 Å². The van der Waals surface area contributed by atoms with E-state index in [0.29, 0.717) is 28.8 Å². The van der Waals surface area contributed by atoms with Gasteiger partial charge in [-0.05, 0) is 68.1 Å². The molecular weight excluding hydrogens is 260 g/mol. The molecule has 3 nitrogen and oxygen atoms in total. The van der Waals surface area contributed by atoms with Crippen LogP contribution in [0.2, 0.25) is 0 Å². The Bertz CT molecular complexity index is 442. The highest BCUT2D eigenvalue weighted by molar-refractivity contribution is 5.76. The van der Waals surface area contributed by atoms with E-state index in [2.05, 4.69) is 24.5 Å². The van der Waals surface area contributed by atoms with Gasteiger partial charge in [0.2, 0.25) is 5.91 Å². The standard InChI is InChI=1S/C18H30N2O/c1-16-7-13-8-17(2,10-16)12-18(9-13,11-16)20-14-4-3-5-19-15(21)6-14/h13-14,20H,3-12H2,1-2H3,(H,19,21). The van der Waals surface area contributed by atoms with E-state index in [1.807, 2.05) is 0 Å². The third-order valence-corrected chi connectivity index (χ3v) is 6.62. The van der Waals surface area contributed by atoms with Crippen molar-refractivity contribution in [2.75, 3.05) is 6.54 Å². The van der Waals surface area contributed by atoms with Gasteiger partial charge in [-0.15, -0.1) is 0 Å². The normalized spacial score (nSPS) is 52.6. The van der Waals surface area contributed by atoms with Crippen LogP contribution in [0.25, 0.3) is 0 Å². The van der Waals surface area contributed by atoms with Crippen LogP contribution in [-0.2, 0) is 4.79 Å². The zero-order valence-corrected chi connectivity index (χ0v) is 13.6. The Hall–Kier alpha value is -0.570. The van der Waals surface area contributed by atoms with Crippen LogP contribution in [0.15, 0.2) is 0 Å². The zero-order valence-electron chi connectivity index (χ0n) is 13.6. The van der Waals surface area contributed by atoms with Crippen molar-refractivity contribution >= 4 is 5.91 Å². The van der Waals surface area contributed by atoms with Crippen molar-refractivity contribution in [1.29, 1.82) is 0 Å². The monoisotopic (exact) mass is 290 g/mol. The smallest absolute Gasteiger partial charge is 0.221 e. The molecule has 1 aliphatic heterocycles. The predicted molar refractivity (Wildman–Crippen MR) is 83.9 cm³/mol. The van der Waals surface area contributed by atoms with E-state index in [-0.39, 0.29) is 5.91 Å². The molecule has 1 amide bonds. The molecular formula is C18H30N2O. The molecule has 5 aliphatic rings. The summed E-state index contributed by atoms with van der Waals surface area (Å²) in [6.45, 7) is 5.90. The largest absolute Gasteiger partial charge is 0.356 e. The van der Waals surface area contributed by atoms with E-state index < -0.39 is 0 Å². The van der Waals surface area contributed by atoms with Crippen LogP contribution in [0.3, 0.4) is 0 Å². The molecule has 4 saturated carbocycles. The summed E-state index contributed by atoms with van der Waals surface area (Å²) < 4.78 is 0. The first kappa shape index (κ1) is 14.0. The SMILES string of the molecule is CC12CC3CC(C)(C1)CC(NC1CCCNC(=O)C1)(C3)C2. The van der Waals surface area contributed by atoms with Crippen LogP contribution in [0.1, 0.15) is 71.6 Å². The van der Waals surface area contributed by atoms with Crippen molar-refractivity contribution in [3.63, 3.8) is 0 Å². The minimum absolute atomic E-state index is 0.243. The maximum atomic E-state index is 11.9. The molecule has 21 heavy (non-hydrogen) atoms. The zero-order chi connectivity index (χ0) is 14.7. The van der Waals surface area contributed by atoms with E-state index in [1.165, 1.54) is 38.5 Å². The molecule has 0 spiro atoms. The molecule has 4 aliphatic carbocycles. The van der Waals surface area contributed by atoms with Gasteiger partial charge in [0, 0.05) is 24.5 Å². The number of hydrogen-bond donors (Lipinski definition) is 2. The van der Waals surface area contributed by atoms with E-state index in [0.717, 1.165) is 25.3 Å². The second-order valence-corrected chi connectivity index (χ2v) is 9.45. The Morgan fingerprint density at radius 3 is 2.48 bits per heavy atom. The van der Waals surface area contributed by atoms with Crippen LogP contribution in [0.4, 0.5) is 0 Å². The average molecular weight is 290 g/mol. The first-order valence-corrected chi connectivity index (χ1v) is 8.92. The lowest BCUT2D eigenvalue weighted by molar-refractivity contribution is -0.125. The van der Waals surface area contributed by atoms with Crippen molar-refractivity contribution < 1.29 is 4.79 Å². The molecule has 2 N–H and O–H groups in total. The van der Waals surface area contributed by atoms with Gasteiger partial charge in [-0.25, -0.2) is 0 Å². The number of hydrogen-bond acceptors (Lipinski definition) is 2. The maximum Gasteiger partial charge on any atom is 0.221 e. The number of carbonyl (C=O) groups excluding carboxylic acids is 1. The van der Waals surface area contributed by atoms with Gasteiger partial charge in [-0.2, -0.15) is 0 Å². The number of carbonyl (C=O) groups is 1. The Morgan fingerprint density at radius 2 is 1.81 bits per heavy atom. The van der Waals surface area contributed by atoms with Crippen LogP contribution < -0.4 is 10.6 Å². The lowest BCUT2D eigenvalue weighted by Gasteiger charge is -2.66. The summed E-state index contributed by atoms with van der Waals surface area (Å²) in [5.74, 6) is 1.16. The molecule has 0 aromatic heterocycles. The number of rotatable bonds is 2. The van der Waals surface area contributed by atoms with Gasteiger partial charge in [0.15, 0.2) is 0 Å². The fourth-order valence-electron chi connectivity index (χ4n) is 7.14. The first-order chi connectivity index (χ1) is 9.88. The van der Waals surface area contributed by atoms with Crippen molar-refractivity contribution in [3.05, 3.63) is 0 Å². The van der Waals surface area contributed by atoms with E-state index >= 15 is 0 Å². The summed E-state index contributed by atoms with van der Waals surface area (Å²) in [6, 6.07) is 0.399. The van der Waals surface area contributed by atoms with E-state index in [1.54, 1.807) is 0 Å². The van der Waals surface area contributed by atoms with Gasteiger partial charge in [0.1, 0.15) is 0 Å². The van der Waals surface area contributed by atoms with Gasteiger partial charge >= 0.3 is 0 Å². The van der Waals surface area contributed by atoms with Gasteiger partial charge < -0.3 is 10.6 Å². The molecule has 3 heteroatoms. The second kappa shape index (κ2) is 4.47. The van der Waals surface area contributed by atoms with Crippen molar-refractivity contribution in [1.82, 2.24) is 10.6 Å². The minimum atomic E-state index is 0.243. The summed E-state index contributed by atoms with van der Waals surface area (Å²) in [7, 11) is 0. The van der Waals surface area contributed by atoms with Crippen LogP contribution >= 0.6 is 0 Å². The molecule has 118 valence electrons. The van der Waals surface area contributed by atoms with Gasteiger partial charge in [-0.1, -0.05) is 13.8 Å². The molecule has 0 radical (unpaired) electrons. The van der Waals surface area contributed by atoms with Gasteiger partial charge in [0.25, 0.3) is 0 Å². The molecule has 1 saturated heterocycles. The molecule has 5 rings (SSSR count). The quantitative estimate of drug-likeness (QED) is 0.821. The number of nitrogens with one attached hydrogen (secondary N) is 2. The third kappa shape index (κ3) is 2.52. The molecule has 3 atom stereocenters. The molecule has 1 heterocycles. The molecule has 0 aromatic rings. The Labute approximate surface area is 128 Å². The van der Waals surface area contributed by atoms with Crippen molar-refractivity contribution in [2.45, 2.75) is 83.2 Å². The highest BCUT2D eigenvalue weighted by atomic mass is 16.1. The topological polar surface area (TPSA) is 41.1 Å². The lowest BCUT2D eigenvalue weighted by atomic mass is 9.42. The Balaban J connectivity index is 1.55. The fraction of sp³-hybridized carbons (Fsp3) is 0.944. The predicted octanol–water partition coefficient (Wildman–Crippen LogP) is 2.99. The van der Waals surface area contributed by atoms with E-state index in [9.17, 15) is 4.79 Å². The van der Waals surface area contributed by atoms with E-state index in [4.69, 9.17) is 0 Å².